The number of aryl methyl sites for hydroxylation is 2. The number of sulfonamides is 2. The third-order valence-corrected chi connectivity index (χ3v) is 9.60. The van der Waals surface area contributed by atoms with Gasteiger partial charge in [-0.3, -0.25) is 9.03 Å². The maximum atomic E-state index is 13.3. The molecule has 0 fully saturated rings. The summed E-state index contributed by atoms with van der Waals surface area (Å²) < 4.78 is 68.9. The van der Waals surface area contributed by atoms with E-state index in [1.165, 1.54) is 23.4 Å². The number of nitrogens with one attached hydrogen (secondary N) is 1. The van der Waals surface area contributed by atoms with Gasteiger partial charge in [-0.1, -0.05) is 6.07 Å². The topological polar surface area (TPSA) is 83.6 Å². The molecule has 1 N–H and O–H groups in total. The van der Waals surface area contributed by atoms with Crippen molar-refractivity contribution in [1.82, 2.24) is 0 Å². The van der Waals surface area contributed by atoms with Crippen molar-refractivity contribution in [3.05, 3.63) is 70.9 Å². The zero-order valence-electron chi connectivity index (χ0n) is 16.0. The molecule has 1 aromatic heterocycles. The fourth-order valence-electron chi connectivity index (χ4n) is 3.52. The molecule has 0 unspecified atom stereocenters. The molecule has 0 saturated carbocycles. The van der Waals surface area contributed by atoms with E-state index in [-0.39, 0.29) is 9.10 Å². The lowest BCUT2D eigenvalue weighted by atomic mass is 10.0. The summed E-state index contributed by atoms with van der Waals surface area (Å²) in [6.45, 7) is 1.89. The standard InChI is InChI=1S/C20H19FN2O4S3/c1-14-12-16(21)6-9-19(14)29(24,25)22-17-7-8-18-15(13-17)4-2-10-23(18)30(26,27)20-5-3-11-28-20/h3,5-9,11-13,22H,2,4,10H2,1H3. The van der Waals surface area contributed by atoms with Crippen LogP contribution in [0.4, 0.5) is 15.8 Å². The number of benzene rings is 2. The van der Waals surface area contributed by atoms with Crippen LogP contribution in [0.15, 0.2) is 63.0 Å². The molecule has 158 valence electrons. The lowest BCUT2D eigenvalue weighted by molar-refractivity contribution is 0.588. The minimum atomic E-state index is -3.91. The number of halogens is 1. The van der Waals surface area contributed by atoms with Gasteiger partial charge in [0.25, 0.3) is 20.0 Å². The van der Waals surface area contributed by atoms with E-state index in [0.717, 1.165) is 29.0 Å². The minimum Gasteiger partial charge on any atom is -0.280 e. The van der Waals surface area contributed by atoms with E-state index in [1.807, 2.05) is 0 Å². The lowest BCUT2D eigenvalue weighted by Gasteiger charge is -2.30. The molecule has 0 bridgehead atoms. The van der Waals surface area contributed by atoms with Gasteiger partial charge in [0.2, 0.25) is 0 Å². The quantitative estimate of drug-likeness (QED) is 0.613. The predicted molar refractivity (Wildman–Crippen MR) is 116 cm³/mol. The van der Waals surface area contributed by atoms with Crippen LogP contribution in [0, 0.1) is 12.7 Å². The number of hydrogen-bond acceptors (Lipinski definition) is 5. The number of fused-ring (bicyclic) bond motifs is 1. The van der Waals surface area contributed by atoms with Gasteiger partial charge in [0.05, 0.1) is 10.6 Å². The third-order valence-electron chi connectivity index (χ3n) is 4.87. The fraction of sp³-hybridized carbons (Fsp3) is 0.200. The third kappa shape index (κ3) is 3.82. The molecule has 30 heavy (non-hydrogen) atoms. The van der Waals surface area contributed by atoms with E-state index in [4.69, 9.17) is 0 Å². The van der Waals surface area contributed by atoms with E-state index in [9.17, 15) is 21.2 Å². The van der Waals surface area contributed by atoms with Gasteiger partial charge in [-0.2, -0.15) is 0 Å². The van der Waals surface area contributed by atoms with Crippen molar-refractivity contribution in [2.45, 2.75) is 28.9 Å². The van der Waals surface area contributed by atoms with Gasteiger partial charge < -0.3 is 0 Å². The van der Waals surface area contributed by atoms with Crippen LogP contribution in [0.1, 0.15) is 17.5 Å². The van der Waals surface area contributed by atoms with E-state index >= 15 is 0 Å². The summed E-state index contributed by atoms with van der Waals surface area (Å²) in [6, 6.07) is 11.6. The second-order valence-electron chi connectivity index (χ2n) is 6.97. The number of hydrogen-bond donors (Lipinski definition) is 1. The summed E-state index contributed by atoms with van der Waals surface area (Å²) in [4.78, 5) is -0.0106. The molecular formula is C20H19FN2O4S3. The van der Waals surface area contributed by atoms with E-state index in [2.05, 4.69) is 4.72 Å². The molecule has 1 aliphatic rings. The molecule has 6 nitrogen and oxygen atoms in total. The zero-order valence-corrected chi connectivity index (χ0v) is 18.4. The Kier molecular flexibility index (Phi) is 5.33. The summed E-state index contributed by atoms with van der Waals surface area (Å²) in [5, 5.41) is 1.72. The van der Waals surface area contributed by atoms with Crippen LogP contribution in [-0.4, -0.2) is 23.4 Å². The predicted octanol–water partition coefficient (Wildman–Crippen LogP) is 4.14. The first-order valence-corrected chi connectivity index (χ1v) is 13.0. The Morgan fingerprint density at radius 2 is 1.87 bits per heavy atom. The van der Waals surface area contributed by atoms with Crippen molar-refractivity contribution in [2.24, 2.45) is 0 Å². The minimum absolute atomic E-state index is 0.0106. The van der Waals surface area contributed by atoms with Crippen molar-refractivity contribution in [3.63, 3.8) is 0 Å². The highest BCUT2D eigenvalue weighted by Crippen LogP contribution is 2.35. The Labute approximate surface area is 179 Å². The first-order chi connectivity index (χ1) is 14.2. The summed E-state index contributed by atoms with van der Waals surface area (Å²) in [6.07, 6.45) is 1.27. The van der Waals surface area contributed by atoms with Crippen molar-refractivity contribution in [2.75, 3.05) is 15.6 Å². The molecule has 2 aromatic carbocycles. The van der Waals surface area contributed by atoms with Gasteiger partial charge in [-0.15, -0.1) is 11.3 Å². The lowest BCUT2D eigenvalue weighted by Crippen LogP contribution is -2.35. The van der Waals surface area contributed by atoms with Crippen LogP contribution in [0.3, 0.4) is 0 Å². The van der Waals surface area contributed by atoms with E-state index in [1.54, 1.807) is 29.6 Å². The molecular weight excluding hydrogens is 447 g/mol. The second kappa shape index (κ2) is 7.68. The van der Waals surface area contributed by atoms with Crippen molar-refractivity contribution < 1.29 is 21.2 Å². The second-order valence-corrected chi connectivity index (χ2v) is 11.7. The summed E-state index contributed by atoms with van der Waals surface area (Å²) >= 11 is 1.16. The summed E-state index contributed by atoms with van der Waals surface area (Å²) in [7, 11) is -7.57. The number of anilines is 2. The Bertz CT molecular complexity index is 1300. The number of nitrogens with zero attached hydrogens (tertiary/aromatic N) is 1. The highest BCUT2D eigenvalue weighted by Gasteiger charge is 2.30. The van der Waals surface area contributed by atoms with Crippen LogP contribution in [-0.2, 0) is 26.5 Å². The highest BCUT2D eigenvalue weighted by atomic mass is 32.2. The maximum Gasteiger partial charge on any atom is 0.273 e. The Morgan fingerprint density at radius 1 is 1.07 bits per heavy atom. The zero-order chi connectivity index (χ0) is 21.5. The normalized spacial score (nSPS) is 14.4. The van der Waals surface area contributed by atoms with Crippen LogP contribution < -0.4 is 9.03 Å². The monoisotopic (exact) mass is 466 g/mol. The van der Waals surface area contributed by atoms with Crippen molar-refractivity contribution in [3.8, 4) is 0 Å². The van der Waals surface area contributed by atoms with Gasteiger partial charge in [0.15, 0.2) is 0 Å². The largest absolute Gasteiger partial charge is 0.280 e. The van der Waals surface area contributed by atoms with Gasteiger partial charge in [-0.05, 0) is 78.7 Å². The van der Waals surface area contributed by atoms with Crippen molar-refractivity contribution in [1.29, 1.82) is 0 Å². The summed E-state index contributed by atoms with van der Waals surface area (Å²) in [5.74, 6) is -0.507. The van der Waals surface area contributed by atoms with Crippen LogP contribution >= 0.6 is 11.3 Å². The highest BCUT2D eigenvalue weighted by molar-refractivity contribution is 7.94. The average molecular weight is 467 g/mol. The van der Waals surface area contributed by atoms with Crippen LogP contribution in [0.25, 0.3) is 0 Å². The van der Waals surface area contributed by atoms with Gasteiger partial charge in [-0.25, -0.2) is 21.2 Å². The van der Waals surface area contributed by atoms with Gasteiger partial charge in [0, 0.05) is 12.2 Å². The first kappa shape index (κ1) is 20.8. The smallest absolute Gasteiger partial charge is 0.273 e. The van der Waals surface area contributed by atoms with E-state index in [0.29, 0.717) is 36.3 Å². The van der Waals surface area contributed by atoms with Gasteiger partial charge >= 0.3 is 0 Å². The van der Waals surface area contributed by atoms with Gasteiger partial charge in [0.1, 0.15) is 10.0 Å². The average Bonchev–Trinajstić information content (AvgIpc) is 3.22. The molecule has 4 rings (SSSR count). The SMILES string of the molecule is Cc1cc(F)ccc1S(=O)(=O)Nc1ccc2c(c1)CCCN2S(=O)(=O)c1cccs1. The molecule has 0 aliphatic carbocycles. The van der Waals surface area contributed by atoms with E-state index < -0.39 is 25.9 Å². The molecule has 0 saturated heterocycles. The Hall–Kier alpha value is -2.43. The summed E-state index contributed by atoms with van der Waals surface area (Å²) in [5.41, 5.74) is 1.93. The van der Waals surface area contributed by atoms with Crippen LogP contribution in [0.5, 0.6) is 0 Å². The van der Waals surface area contributed by atoms with Crippen LogP contribution in [0.2, 0.25) is 0 Å². The molecule has 1 aliphatic heterocycles. The molecule has 0 spiro atoms. The molecule has 0 atom stereocenters. The maximum absolute atomic E-state index is 13.3. The first-order valence-electron chi connectivity index (χ1n) is 9.17. The number of rotatable bonds is 5. The van der Waals surface area contributed by atoms with Crippen molar-refractivity contribution >= 4 is 42.8 Å². The fourth-order valence-corrected chi connectivity index (χ4v) is 7.44. The molecule has 2 heterocycles. The Morgan fingerprint density at radius 3 is 2.57 bits per heavy atom. The molecule has 0 amide bonds. The Balaban J connectivity index is 1.66. The molecule has 0 radical (unpaired) electrons. The molecule has 3 aromatic rings. The molecule has 10 heteroatoms. The number of thiophene rings is 1.